The van der Waals surface area contributed by atoms with E-state index in [1.807, 2.05) is 30.4 Å². The Labute approximate surface area is 116 Å². The minimum Gasteiger partial charge on any atom is -0.454 e. The van der Waals surface area contributed by atoms with Gasteiger partial charge in [-0.05, 0) is 18.2 Å². The molecule has 0 aliphatic heterocycles. The summed E-state index contributed by atoms with van der Waals surface area (Å²) >= 11 is 0. The van der Waals surface area contributed by atoms with E-state index < -0.39 is 0 Å². The molecule has 1 N–H and O–H groups in total. The number of aromatic nitrogens is 1. The van der Waals surface area contributed by atoms with Crippen molar-refractivity contribution in [2.45, 2.75) is 0 Å². The Hall–Kier alpha value is -2.74. The topological polar surface area (TPSA) is 28.9 Å². The first-order valence-electron chi connectivity index (χ1n) is 6.54. The van der Waals surface area contributed by atoms with Crippen LogP contribution in [0.25, 0.3) is 45.0 Å². The van der Waals surface area contributed by atoms with Crippen molar-refractivity contribution in [3.05, 3.63) is 60.8 Å². The van der Waals surface area contributed by atoms with Crippen molar-refractivity contribution in [2.24, 2.45) is 0 Å². The fraction of sp³-hybridized carbons (Fsp3) is 0. The third-order valence-corrected chi connectivity index (χ3v) is 3.80. The first-order valence-corrected chi connectivity index (χ1v) is 6.54. The number of fused-ring (bicyclic) bond motifs is 5. The number of para-hydroxylation sites is 1. The first kappa shape index (κ1) is 11.1. The van der Waals surface area contributed by atoms with Crippen LogP contribution in [-0.2, 0) is 0 Å². The summed E-state index contributed by atoms with van der Waals surface area (Å²) in [5.41, 5.74) is 4.84. The highest BCUT2D eigenvalue weighted by atomic mass is 16.3. The quantitative estimate of drug-likeness (QED) is 0.516. The van der Waals surface area contributed by atoms with Crippen LogP contribution in [0.3, 0.4) is 0 Å². The van der Waals surface area contributed by atoms with Crippen LogP contribution in [0.1, 0.15) is 11.3 Å². The highest BCUT2D eigenvalue weighted by Crippen LogP contribution is 2.36. The van der Waals surface area contributed by atoms with Crippen molar-refractivity contribution < 1.29 is 4.42 Å². The van der Waals surface area contributed by atoms with Gasteiger partial charge in [0, 0.05) is 27.4 Å². The Morgan fingerprint density at radius 3 is 2.50 bits per heavy atom. The van der Waals surface area contributed by atoms with Gasteiger partial charge in [0.1, 0.15) is 5.58 Å². The van der Waals surface area contributed by atoms with Crippen LogP contribution in [0.5, 0.6) is 0 Å². The molecule has 4 rings (SSSR count). The van der Waals surface area contributed by atoms with Crippen LogP contribution in [0.2, 0.25) is 0 Å². The minimum absolute atomic E-state index is 0.889. The van der Waals surface area contributed by atoms with Gasteiger partial charge in [-0.3, -0.25) is 0 Å². The summed E-state index contributed by atoms with van der Waals surface area (Å²) < 4.78 is 6.02. The normalized spacial score (nSPS) is 11.4. The van der Waals surface area contributed by atoms with Crippen molar-refractivity contribution in [3.8, 4) is 0 Å². The molecular weight excluding hydrogens is 246 g/mol. The molecule has 0 saturated carbocycles. The van der Waals surface area contributed by atoms with E-state index in [9.17, 15) is 0 Å². The molecule has 0 spiro atoms. The predicted molar refractivity (Wildman–Crippen MR) is 85.8 cm³/mol. The van der Waals surface area contributed by atoms with Gasteiger partial charge in [-0.2, -0.15) is 0 Å². The van der Waals surface area contributed by atoms with Crippen LogP contribution >= 0.6 is 0 Å². The summed E-state index contributed by atoms with van der Waals surface area (Å²) in [7, 11) is 0. The molecular formula is C18H13NO. The molecule has 0 radical (unpaired) electrons. The Balaban J connectivity index is 2.26. The van der Waals surface area contributed by atoms with Crippen LogP contribution in [0.15, 0.2) is 54.0 Å². The Kier molecular flexibility index (Phi) is 2.15. The maximum atomic E-state index is 6.02. The van der Waals surface area contributed by atoms with E-state index in [2.05, 4.69) is 36.3 Å². The van der Waals surface area contributed by atoms with E-state index >= 15 is 0 Å². The molecule has 4 aromatic rings. The Morgan fingerprint density at radius 1 is 0.900 bits per heavy atom. The summed E-state index contributed by atoms with van der Waals surface area (Å²) in [6.45, 7) is 7.73. The smallest absolute Gasteiger partial charge is 0.159 e. The molecule has 96 valence electrons. The molecule has 0 unspecified atom stereocenters. The van der Waals surface area contributed by atoms with E-state index in [0.29, 0.717) is 0 Å². The summed E-state index contributed by atoms with van der Waals surface area (Å²) in [6.07, 6.45) is 3.66. The Morgan fingerprint density at radius 2 is 1.70 bits per heavy atom. The van der Waals surface area contributed by atoms with Gasteiger partial charge in [0.25, 0.3) is 0 Å². The lowest BCUT2D eigenvalue weighted by atomic mass is 10.1. The molecule has 2 nitrogen and oxygen atoms in total. The lowest BCUT2D eigenvalue weighted by Gasteiger charge is -1.93. The zero-order chi connectivity index (χ0) is 13.7. The van der Waals surface area contributed by atoms with Gasteiger partial charge in [-0.15, -0.1) is 0 Å². The maximum Gasteiger partial charge on any atom is 0.159 e. The van der Waals surface area contributed by atoms with Crippen LogP contribution < -0.4 is 0 Å². The Bertz CT molecular complexity index is 985. The number of hydrogen-bond acceptors (Lipinski definition) is 1. The maximum absolute atomic E-state index is 6.02. The molecule has 2 heterocycles. The van der Waals surface area contributed by atoms with Gasteiger partial charge >= 0.3 is 0 Å². The second-order valence-electron chi connectivity index (χ2n) is 4.82. The van der Waals surface area contributed by atoms with Crippen LogP contribution in [-0.4, -0.2) is 4.98 Å². The zero-order valence-corrected chi connectivity index (χ0v) is 10.9. The SMILES string of the molecule is C=Cc1[nH]c2c(ccc3c4ccccc4oc32)c1C=C. The van der Waals surface area contributed by atoms with Gasteiger partial charge in [-0.1, -0.05) is 43.5 Å². The number of hydrogen-bond donors (Lipinski definition) is 1. The summed E-state index contributed by atoms with van der Waals surface area (Å²) in [5, 5.41) is 3.38. The fourth-order valence-corrected chi connectivity index (χ4v) is 2.87. The molecule has 0 bridgehead atoms. The average Bonchev–Trinajstić information content (AvgIpc) is 3.04. The van der Waals surface area contributed by atoms with Crippen molar-refractivity contribution in [1.82, 2.24) is 4.98 Å². The van der Waals surface area contributed by atoms with Gasteiger partial charge in [0.2, 0.25) is 0 Å². The van der Waals surface area contributed by atoms with E-state index in [-0.39, 0.29) is 0 Å². The third kappa shape index (κ3) is 1.28. The van der Waals surface area contributed by atoms with E-state index in [0.717, 1.165) is 44.1 Å². The molecule has 2 heteroatoms. The lowest BCUT2D eigenvalue weighted by molar-refractivity contribution is 0.672. The van der Waals surface area contributed by atoms with Crippen molar-refractivity contribution in [2.75, 3.05) is 0 Å². The van der Waals surface area contributed by atoms with Gasteiger partial charge in [-0.25, -0.2) is 0 Å². The number of furan rings is 1. The minimum atomic E-state index is 0.889. The molecule has 0 atom stereocenters. The molecule has 2 aromatic carbocycles. The molecule has 0 amide bonds. The van der Waals surface area contributed by atoms with Gasteiger partial charge in [0.15, 0.2) is 5.58 Å². The van der Waals surface area contributed by atoms with E-state index in [1.165, 1.54) is 0 Å². The third-order valence-electron chi connectivity index (χ3n) is 3.80. The largest absolute Gasteiger partial charge is 0.454 e. The molecule has 0 saturated heterocycles. The second kappa shape index (κ2) is 3.87. The van der Waals surface area contributed by atoms with Crippen molar-refractivity contribution >= 4 is 45.0 Å². The fourth-order valence-electron chi connectivity index (χ4n) is 2.87. The summed E-state index contributed by atoms with van der Waals surface area (Å²) in [4.78, 5) is 3.39. The molecule has 2 aromatic heterocycles. The summed E-state index contributed by atoms with van der Waals surface area (Å²) in [5.74, 6) is 0. The predicted octanol–water partition coefficient (Wildman–Crippen LogP) is 5.35. The molecule has 0 fully saturated rings. The standard InChI is InChI=1S/C18H13NO/c1-3-11-13-9-10-14-12-7-5-6-8-16(12)20-18(14)17(13)19-15(11)4-2/h3-10,19H,1-2H2. The number of rotatable bonds is 2. The van der Waals surface area contributed by atoms with Crippen LogP contribution in [0.4, 0.5) is 0 Å². The highest BCUT2D eigenvalue weighted by molar-refractivity contribution is 6.15. The molecule has 0 aliphatic rings. The monoisotopic (exact) mass is 259 g/mol. The van der Waals surface area contributed by atoms with E-state index in [4.69, 9.17) is 4.42 Å². The zero-order valence-electron chi connectivity index (χ0n) is 10.9. The molecule has 20 heavy (non-hydrogen) atoms. The van der Waals surface area contributed by atoms with Gasteiger partial charge in [0.05, 0.1) is 5.52 Å². The molecule has 0 aliphatic carbocycles. The number of nitrogens with one attached hydrogen (secondary N) is 1. The van der Waals surface area contributed by atoms with Crippen molar-refractivity contribution in [3.63, 3.8) is 0 Å². The average molecular weight is 259 g/mol. The first-order chi connectivity index (χ1) is 9.83. The highest BCUT2D eigenvalue weighted by Gasteiger charge is 2.14. The lowest BCUT2D eigenvalue weighted by Crippen LogP contribution is -1.72. The second-order valence-corrected chi connectivity index (χ2v) is 4.82. The number of aromatic amines is 1. The van der Waals surface area contributed by atoms with Crippen LogP contribution in [0, 0.1) is 0 Å². The summed E-state index contributed by atoms with van der Waals surface area (Å²) in [6, 6.07) is 12.3. The van der Waals surface area contributed by atoms with Gasteiger partial charge < -0.3 is 9.40 Å². The number of H-pyrrole nitrogens is 1. The number of benzene rings is 2. The van der Waals surface area contributed by atoms with E-state index in [1.54, 1.807) is 0 Å². The van der Waals surface area contributed by atoms with Crippen molar-refractivity contribution in [1.29, 1.82) is 0 Å².